The van der Waals surface area contributed by atoms with Crippen molar-refractivity contribution in [1.82, 2.24) is 15.5 Å². The topological polar surface area (TPSA) is 68.0 Å². The van der Waals surface area contributed by atoms with Crippen molar-refractivity contribution < 1.29 is 9.32 Å². The first kappa shape index (κ1) is 14.7. The lowest BCUT2D eigenvalue weighted by Crippen LogP contribution is -2.23. The molecule has 1 amide bonds. The van der Waals surface area contributed by atoms with Crippen molar-refractivity contribution in [3.8, 4) is 0 Å². The van der Waals surface area contributed by atoms with E-state index in [4.69, 9.17) is 4.52 Å². The number of nitrogens with one attached hydrogen (secondary N) is 1. The molecule has 0 bridgehead atoms. The smallest absolute Gasteiger partial charge is 0.273 e. The SMILES string of the molecule is CC(C)(C)c1cc(C(=O)NCc2nc3ccccc3s2)no1. The Hall–Kier alpha value is -2.21. The van der Waals surface area contributed by atoms with E-state index in [1.165, 1.54) is 0 Å². The van der Waals surface area contributed by atoms with Gasteiger partial charge in [-0.3, -0.25) is 4.79 Å². The van der Waals surface area contributed by atoms with Crippen LogP contribution in [0.4, 0.5) is 0 Å². The molecule has 0 aliphatic heterocycles. The quantitative estimate of drug-likeness (QED) is 0.803. The molecule has 2 heterocycles. The minimum absolute atomic E-state index is 0.168. The molecule has 0 saturated heterocycles. The van der Waals surface area contributed by atoms with E-state index in [-0.39, 0.29) is 11.3 Å². The largest absolute Gasteiger partial charge is 0.360 e. The van der Waals surface area contributed by atoms with Crippen molar-refractivity contribution in [2.24, 2.45) is 0 Å². The lowest BCUT2D eigenvalue weighted by molar-refractivity contribution is 0.0941. The first-order chi connectivity index (χ1) is 10.4. The number of nitrogens with zero attached hydrogens (tertiary/aromatic N) is 2. The van der Waals surface area contributed by atoms with Crippen molar-refractivity contribution in [3.63, 3.8) is 0 Å². The molecule has 0 atom stereocenters. The molecule has 5 nitrogen and oxygen atoms in total. The number of hydrogen-bond acceptors (Lipinski definition) is 5. The highest BCUT2D eigenvalue weighted by molar-refractivity contribution is 7.18. The minimum Gasteiger partial charge on any atom is -0.360 e. The number of para-hydroxylation sites is 1. The van der Waals surface area contributed by atoms with Crippen LogP contribution in [0.2, 0.25) is 0 Å². The van der Waals surface area contributed by atoms with Gasteiger partial charge in [-0.25, -0.2) is 4.98 Å². The second-order valence-electron chi connectivity index (χ2n) is 6.08. The Morgan fingerprint density at radius 3 is 2.77 bits per heavy atom. The van der Waals surface area contributed by atoms with E-state index in [9.17, 15) is 4.79 Å². The number of hydrogen-bond donors (Lipinski definition) is 1. The molecule has 114 valence electrons. The molecule has 22 heavy (non-hydrogen) atoms. The molecular formula is C16H17N3O2S. The van der Waals surface area contributed by atoms with Crippen LogP contribution in [0, 0.1) is 0 Å². The Morgan fingerprint density at radius 1 is 1.32 bits per heavy atom. The summed E-state index contributed by atoms with van der Waals surface area (Å²) in [6.07, 6.45) is 0. The van der Waals surface area contributed by atoms with E-state index >= 15 is 0 Å². The molecule has 3 aromatic rings. The second kappa shape index (κ2) is 5.53. The van der Waals surface area contributed by atoms with Gasteiger partial charge in [0.1, 0.15) is 10.8 Å². The van der Waals surface area contributed by atoms with Crippen molar-refractivity contribution in [2.75, 3.05) is 0 Å². The average Bonchev–Trinajstić information content (AvgIpc) is 3.10. The number of carbonyl (C=O) groups is 1. The number of carbonyl (C=O) groups excluding carboxylic acids is 1. The van der Waals surface area contributed by atoms with Crippen LogP contribution in [0.15, 0.2) is 34.9 Å². The molecule has 0 fully saturated rings. The van der Waals surface area contributed by atoms with Crippen LogP contribution in [0.3, 0.4) is 0 Å². The molecule has 0 unspecified atom stereocenters. The Bertz CT molecular complexity index is 781. The number of rotatable bonds is 3. The first-order valence-corrected chi connectivity index (χ1v) is 7.85. The monoisotopic (exact) mass is 315 g/mol. The highest BCUT2D eigenvalue weighted by atomic mass is 32.1. The van der Waals surface area contributed by atoms with Gasteiger partial charge in [-0.1, -0.05) is 38.1 Å². The third-order valence-corrected chi connectivity index (χ3v) is 4.26. The highest BCUT2D eigenvalue weighted by Crippen LogP contribution is 2.23. The van der Waals surface area contributed by atoms with Gasteiger partial charge in [0.2, 0.25) is 0 Å². The van der Waals surface area contributed by atoms with E-state index in [2.05, 4.69) is 15.5 Å². The van der Waals surface area contributed by atoms with Crippen LogP contribution < -0.4 is 5.32 Å². The predicted octanol–water partition coefficient (Wildman–Crippen LogP) is 3.51. The standard InChI is InChI=1S/C16H17N3O2S/c1-16(2,3)13-8-11(19-21-13)15(20)17-9-14-18-10-6-4-5-7-12(10)22-14/h4-8H,9H2,1-3H3,(H,17,20). The van der Waals surface area contributed by atoms with Crippen LogP contribution in [0.1, 0.15) is 42.0 Å². The zero-order chi connectivity index (χ0) is 15.7. The molecule has 1 N–H and O–H groups in total. The number of thiazole rings is 1. The van der Waals surface area contributed by atoms with Gasteiger partial charge < -0.3 is 9.84 Å². The first-order valence-electron chi connectivity index (χ1n) is 7.03. The molecule has 0 aliphatic rings. The normalized spacial score (nSPS) is 11.8. The molecule has 0 aliphatic carbocycles. The molecule has 0 saturated carbocycles. The molecule has 3 rings (SSSR count). The Balaban J connectivity index is 1.68. The molecule has 6 heteroatoms. The molecule has 1 aromatic carbocycles. The predicted molar refractivity (Wildman–Crippen MR) is 86.0 cm³/mol. The summed E-state index contributed by atoms with van der Waals surface area (Å²) in [5.41, 5.74) is 1.08. The van der Waals surface area contributed by atoms with Crippen molar-refractivity contribution >= 4 is 27.5 Å². The van der Waals surface area contributed by atoms with Crippen LogP contribution in [-0.2, 0) is 12.0 Å². The van der Waals surface area contributed by atoms with E-state index in [1.54, 1.807) is 17.4 Å². The fraction of sp³-hybridized carbons (Fsp3) is 0.312. The van der Waals surface area contributed by atoms with Gasteiger partial charge >= 0.3 is 0 Å². The number of fused-ring (bicyclic) bond motifs is 1. The maximum atomic E-state index is 12.1. The molecule has 0 radical (unpaired) electrons. The maximum absolute atomic E-state index is 12.1. The van der Waals surface area contributed by atoms with Gasteiger partial charge in [-0.2, -0.15) is 0 Å². The number of benzene rings is 1. The van der Waals surface area contributed by atoms with Gasteiger partial charge in [0.25, 0.3) is 5.91 Å². The summed E-state index contributed by atoms with van der Waals surface area (Å²) in [6.45, 7) is 6.42. The number of amides is 1. The number of aromatic nitrogens is 2. The fourth-order valence-corrected chi connectivity index (χ4v) is 2.88. The van der Waals surface area contributed by atoms with E-state index in [0.29, 0.717) is 18.0 Å². The van der Waals surface area contributed by atoms with E-state index < -0.39 is 0 Å². The van der Waals surface area contributed by atoms with Crippen molar-refractivity contribution in [1.29, 1.82) is 0 Å². The van der Waals surface area contributed by atoms with Crippen LogP contribution in [-0.4, -0.2) is 16.0 Å². The van der Waals surface area contributed by atoms with Gasteiger partial charge in [-0.05, 0) is 12.1 Å². The maximum Gasteiger partial charge on any atom is 0.273 e. The lowest BCUT2D eigenvalue weighted by Gasteiger charge is -2.12. The molecule has 0 spiro atoms. The van der Waals surface area contributed by atoms with E-state index in [1.807, 2.05) is 45.0 Å². The lowest BCUT2D eigenvalue weighted by atomic mass is 9.93. The summed E-state index contributed by atoms with van der Waals surface area (Å²) >= 11 is 1.57. The van der Waals surface area contributed by atoms with Gasteiger partial charge in [0.15, 0.2) is 5.69 Å². The van der Waals surface area contributed by atoms with Gasteiger partial charge in [0, 0.05) is 11.5 Å². The summed E-state index contributed by atoms with van der Waals surface area (Å²) < 4.78 is 6.34. The summed E-state index contributed by atoms with van der Waals surface area (Å²) in [5.74, 6) is 0.441. The fourth-order valence-electron chi connectivity index (χ4n) is 1.98. The summed E-state index contributed by atoms with van der Waals surface area (Å²) in [4.78, 5) is 16.6. The van der Waals surface area contributed by atoms with Crippen molar-refractivity contribution in [3.05, 3.63) is 46.8 Å². The minimum atomic E-state index is -0.251. The van der Waals surface area contributed by atoms with Gasteiger partial charge in [0.05, 0.1) is 16.8 Å². The molecule has 2 aromatic heterocycles. The van der Waals surface area contributed by atoms with Crippen LogP contribution >= 0.6 is 11.3 Å². The van der Waals surface area contributed by atoms with Crippen molar-refractivity contribution in [2.45, 2.75) is 32.7 Å². The van der Waals surface area contributed by atoms with E-state index in [0.717, 1.165) is 15.2 Å². The zero-order valence-corrected chi connectivity index (χ0v) is 13.5. The Morgan fingerprint density at radius 2 is 2.09 bits per heavy atom. The Kier molecular flexibility index (Phi) is 3.70. The summed E-state index contributed by atoms with van der Waals surface area (Å²) in [7, 11) is 0. The van der Waals surface area contributed by atoms with Crippen LogP contribution in [0.25, 0.3) is 10.2 Å². The second-order valence-corrected chi connectivity index (χ2v) is 7.20. The highest BCUT2D eigenvalue weighted by Gasteiger charge is 2.22. The Labute approximate surface area is 132 Å². The summed E-state index contributed by atoms with van der Waals surface area (Å²) in [5, 5.41) is 7.53. The molecular weight excluding hydrogens is 298 g/mol. The third-order valence-electron chi connectivity index (χ3n) is 3.22. The van der Waals surface area contributed by atoms with Gasteiger partial charge in [-0.15, -0.1) is 11.3 Å². The summed E-state index contributed by atoms with van der Waals surface area (Å²) in [6, 6.07) is 9.60. The average molecular weight is 315 g/mol. The zero-order valence-electron chi connectivity index (χ0n) is 12.7. The van der Waals surface area contributed by atoms with Crippen LogP contribution in [0.5, 0.6) is 0 Å². The third kappa shape index (κ3) is 3.01.